The molecule has 0 aliphatic rings. The van der Waals surface area contributed by atoms with Crippen LogP contribution in [0.1, 0.15) is 13.8 Å². The van der Waals surface area contributed by atoms with Crippen molar-refractivity contribution < 1.29 is 14.7 Å². The topological polar surface area (TPSA) is 92.4 Å². The number of carbonyl (C=O) groups is 2. The summed E-state index contributed by atoms with van der Waals surface area (Å²) in [5, 5.41) is 11.7. The fourth-order valence-electron chi connectivity index (χ4n) is 1.39. The van der Waals surface area contributed by atoms with E-state index < -0.39 is 16.8 Å². The zero-order valence-electron chi connectivity index (χ0n) is 11.2. The lowest BCUT2D eigenvalue weighted by Gasteiger charge is -2.27. The van der Waals surface area contributed by atoms with Crippen LogP contribution in [0.25, 0.3) is 0 Å². The van der Waals surface area contributed by atoms with Gasteiger partial charge >= 0.3 is 5.97 Å². The second kappa shape index (κ2) is 7.28. The Morgan fingerprint density at radius 2 is 2.05 bits per heavy atom. The van der Waals surface area contributed by atoms with E-state index >= 15 is 0 Å². The van der Waals surface area contributed by atoms with Gasteiger partial charge in [-0.1, -0.05) is 12.1 Å². The van der Waals surface area contributed by atoms with Gasteiger partial charge < -0.3 is 16.2 Å². The molecule has 1 aromatic carbocycles. The van der Waals surface area contributed by atoms with Crippen LogP contribution in [0.2, 0.25) is 0 Å². The summed E-state index contributed by atoms with van der Waals surface area (Å²) in [5.74, 6) is -1.09. The monoisotopic (exact) mass is 408 g/mol. The first kappa shape index (κ1) is 17.3. The fourth-order valence-corrected chi connectivity index (χ4v) is 2.77. The summed E-state index contributed by atoms with van der Waals surface area (Å²) in [6.45, 7) is 3.44. The summed E-state index contributed by atoms with van der Waals surface area (Å²) >= 11 is 3.37. The van der Waals surface area contributed by atoms with E-state index in [2.05, 4.69) is 27.9 Å². The molecule has 1 atom stereocenters. The van der Waals surface area contributed by atoms with Crippen LogP contribution in [0.15, 0.2) is 24.3 Å². The number of carboxylic acid groups (broad SMARTS) is 1. The third-order valence-electron chi connectivity index (χ3n) is 2.74. The number of hydrogen-bond acceptors (Lipinski definition) is 4. The first-order chi connectivity index (χ1) is 9.24. The maximum absolute atomic E-state index is 11.9. The predicted molar refractivity (Wildman–Crippen MR) is 89.9 cm³/mol. The quantitative estimate of drug-likeness (QED) is 0.628. The minimum absolute atomic E-state index is 0.152. The number of rotatable bonds is 6. The van der Waals surface area contributed by atoms with Gasteiger partial charge in [0.05, 0.1) is 11.4 Å². The van der Waals surface area contributed by atoms with E-state index in [1.165, 1.54) is 11.8 Å². The standard InChI is InChI=1S/C13H17IN2O3S/c1-13(2,11(15)12(18)19)20-7-10(17)16-9-6-4-3-5-8(9)14/h3-6,11H,7,15H2,1-2H3,(H,16,17)(H,18,19)/t11-/m1/s1. The van der Waals surface area contributed by atoms with Gasteiger partial charge in [0.2, 0.25) is 5.91 Å². The van der Waals surface area contributed by atoms with Crippen LogP contribution in [-0.2, 0) is 9.59 Å². The van der Waals surface area contributed by atoms with Crippen molar-refractivity contribution in [2.45, 2.75) is 24.6 Å². The largest absolute Gasteiger partial charge is 0.480 e. The molecule has 5 nitrogen and oxygen atoms in total. The molecule has 1 rings (SSSR count). The SMILES string of the molecule is CC(C)(SCC(=O)Nc1ccccc1I)[C@H](N)C(=O)O. The minimum atomic E-state index is -1.07. The molecule has 0 heterocycles. The van der Waals surface area contributed by atoms with Gasteiger partial charge in [-0.2, -0.15) is 0 Å². The van der Waals surface area contributed by atoms with E-state index in [9.17, 15) is 9.59 Å². The van der Waals surface area contributed by atoms with E-state index in [-0.39, 0.29) is 11.7 Å². The number of anilines is 1. The van der Waals surface area contributed by atoms with Gasteiger partial charge in [-0.3, -0.25) is 9.59 Å². The number of carbonyl (C=O) groups excluding carboxylic acids is 1. The minimum Gasteiger partial charge on any atom is -0.480 e. The molecule has 4 N–H and O–H groups in total. The van der Waals surface area contributed by atoms with Gasteiger partial charge in [0.15, 0.2) is 0 Å². The Morgan fingerprint density at radius 3 is 2.60 bits per heavy atom. The Labute approximate surface area is 135 Å². The lowest BCUT2D eigenvalue weighted by atomic mass is 10.1. The Balaban J connectivity index is 2.56. The Morgan fingerprint density at radius 1 is 1.45 bits per heavy atom. The van der Waals surface area contributed by atoms with E-state index in [1.807, 2.05) is 24.3 Å². The molecule has 0 aliphatic heterocycles. The molecule has 110 valence electrons. The zero-order valence-corrected chi connectivity index (χ0v) is 14.2. The Hall–Kier alpha value is -0.800. The summed E-state index contributed by atoms with van der Waals surface area (Å²) in [7, 11) is 0. The lowest BCUT2D eigenvalue weighted by molar-refractivity contribution is -0.139. The molecule has 1 aromatic rings. The van der Waals surface area contributed by atoms with Crippen LogP contribution in [0, 0.1) is 3.57 Å². The smallest absolute Gasteiger partial charge is 0.321 e. The van der Waals surface area contributed by atoms with Crippen LogP contribution in [0.3, 0.4) is 0 Å². The highest BCUT2D eigenvalue weighted by atomic mass is 127. The van der Waals surface area contributed by atoms with Gasteiger partial charge in [-0.15, -0.1) is 11.8 Å². The average molecular weight is 408 g/mol. The third-order valence-corrected chi connectivity index (χ3v) is 5.08. The summed E-state index contributed by atoms with van der Waals surface area (Å²) in [6.07, 6.45) is 0. The Kier molecular flexibility index (Phi) is 6.28. The normalized spacial score (nSPS) is 12.8. The molecule has 0 radical (unpaired) electrons. The van der Waals surface area contributed by atoms with Crippen LogP contribution in [-0.4, -0.2) is 33.5 Å². The van der Waals surface area contributed by atoms with E-state index in [0.717, 1.165) is 9.26 Å². The number of nitrogens with two attached hydrogens (primary N) is 1. The fraction of sp³-hybridized carbons (Fsp3) is 0.385. The first-order valence-corrected chi connectivity index (χ1v) is 7.97. The molecule has 0 saturated carbocycles. The number of aliphatic carboxylic acids is 1. The van der Waals surface area contributed by atoms with Crippen molar-refractivity contribution in [3.05, 3.63) is 27.8 Å². The van der Waals surface area contributed by atoms with Crippen molar-refractivity contribution in [3.63, 3.8) is 0 Å². The van der Waals surface area contributed by atoms with Crippen molar-refractivity contribution in [3.8, 4) is 0 Å². The number of para-hydroxylation sites is 1. The maximum Gasteiger partial charge on any atom is 0.321 e. The third kappa shape index (κ3) is 4.95. The van der Waals surface area contributed by atoms with Gasteiger partial charge in [-0.05, 0) is 48.6 Å². The molecule has 1 amide bonds. The first-order valence-electron chi connectivity index (χ1n) is 5.91. The van der Waals surface area contributed by atoms with Crippen LogP contribution < -0.4 is 11.1 Å². The van der Waals surface area contributed by atoms with E-state index in [4.69, 9.17) is 10.8 Å². The van der Waals surface area contributed by atoms with Crippen molar-refractivity contribution >= 4 is 51.9 Å². The molecular formula is C13H17IN2O3S. The molecule has 7 heteroatoms. The number of nitrogens with one attached hydrogen (secondary N) is 1. The summed E-state index contributed by atoms with van der Waals surface area (Å²) in [6, 6.07) is 6.43. The highest BCUT2D eigenvalue weighted by Gasteiger charge is 2.33. The molecule has 0 unspecified atom stereocenters. The van der Waals surface area contributed by atoms with Crippen molar-refractivity contribution in [1.29, 1.82) is 0 Å². The van der Waals surface area contributed by atoms with Crippen molar-refractivity contribution in [2.75, 3.05) is 11.1 Å². The maximum atomic E-state index is 11.9. The van der Waals surface area contributed by atoms with Crippen LogP contribution in [0.4, 0.5) is 5.69 Å². The van der Waals surface area contributed by atoms with E-state index in [0.29, 0.717) is 0 Å². The number of thioether (sulfide) groups is 1. The molecular weight excluding hydrogens is 391 g/mol. The number of carboxylic acids is 1. The summed E-state index contributed by atoms with van der Waals surface area (Å²) in [4.78, 5) is 22.8. The van der Waals surface area contributed by atoms with E-state index in [1.54, 1.807) is 13.8 Å². The van der Waals surface area contributed by atoms with Gasteiger partial charge in [-0.25, -0.2) is 0 Å². The van der Waals surface area contributed by atoms with Gasteiger partial charge in [0, 0.05) is 8.32 Å². The van der Waals surface area contributed by atoms with Gasteiger partial charge in [0.25, 0.3) is 0 Å². The predicted octanol–water partition coefficient (Wildman–Crippen LogP) is 2.15. The number of benzene rings is 1. The second-order valence-corrected chi connectivity index (χ2v) is 7.53. The average Bonchev–Trinajstić information content (AvgIpc) is 2.38. The summed E-state index contributed by atoms with van der Waals surface area (Å²) in [5.41, 5.74) is 6.35. The van der Waals surface area contributed by atoms with Crippen LogP contribution >= 0.6 is 34.4 Å². The van der Waals surface area contributed by atoms with Crippen molar-refractivity contribution in [2.24, 2.45) is 5.73 Å². The number of halogens is 1. The Bertz CT molecular complexity index is 508. The van der Waals surface area contributed by atoms with Crippen LogP contribution in [0.5, 0.6) is 0 Å². The zero-order chi connectivity index (χ0) is 15.3. The highest BCUT2D eigenvalue weighted by molar-refractivity contribution is 14.1. The van der Waals surface area contributed by atoms with Crippen molar-refractivity contribution in [1.82, 2.24) is 0 Å². The lowest BCUT2D eigenvalue weighted by Crippen LogP contribution is -2.47. The molecule has 0 aliphatic carbocycles. The molecule has 20 heavy (non-hydrogen) atoms. The highest BCUT2D eigenvalue weighted by Crippen LogP contribution is 2.27. The number of amides is 1. The molecule has 0 spiro atoms. The van der Waals surface area contributed by atoms with Gasteiger partial charge in [0.1, 0.15) is 6.04 Å². The molecule has 0 aromatic heterocycles. The summed E-state index contributed by atoms with van der Waals surface area (Å²) < 4.78 is 0.234. The number of hydrogen-bond donors (Lipinski definition) is 3. The molecule has 0 saturated heterocycles. The molecule has 0 fully saturated rings. The second-order valence-electron chi connectivity index (χ2n) is 4.74. The molecule has 0 bridgehead atoms.